The number of hydrogen-bond acceptors (Lipinski definition) is 3. The fourth-order valence-electron chi connectivity index (χ4n) is 2.02. The lowest BCUT2D eigenvalue weighted by Crippen LogP contribution is -2.34. The van der Waals surface area contributed by atoms with Crippen LogP contribution in [-0.2, 0) is 22.0 Å². The van der Waals surface area contributed by atoms with Gasteiger partial charge in [-0.1, -0.05) is 18.2 Å². The number of alkyl halides is 3. The lowest BCUT2D eigenvalue weighted by atomic mass is 10.1. The lowest BCUT2D eigenvalue weighted by Gasteiger charge is -2.19. The molecule has 4 nitrogen and oxygen atoms in total. The molecule has 0 atom stereocenters. The van der Waals surface area contributed by atoms with Crippen LogP contribution in [0.4, 0.5) is 13.2 Å². The zero-order valence-electron chi connectivity index (χ0n) is 11.0. The standard InChI is InChI=1S/C13H13F3N2O2S/c14-13(15,16)11-3-1-2-10(8-11)9-21(19,20)18(7-6-17)12-4-5-12/h1-3,8,12H,4-5,7,9H2. The van der Waals surface area contributed by atoms with E-state index in [0.29, 0.717) is 12.8 Å². The van der Waals surface area contributed by atoms with Crippen molar-refractivity contribution < 1.29 is 21.6 Å². The first-order valence-electron chi connectivity index (χ1n) is 6.26. The average Bonchev–Trinajstić information content (AvgIpc) is 3.18. The third kappa shape index (κ3) is 3.95. The van der Waals surface area contributed by atoms with E-state index in [4.69, 9.17) is 5.26 Å². The summed E-state index contributed by atoms with van der Waals surface area (Å²) in [5.74, 6) is -0.533. The van der Waals surface area contributed by atoms with Gasteiger partial charge in [-0.2, -0.15) is 22.7 Å². The fourth-order valence-corrected chi connectivity index (χ4v) is 3.70. The summed E-state index contributed by atoms with van der Waals surface area (Å²) in [6.07, 6.45) is -3.14. The summed E-state index contributed by atoms with van der Waals surface area (Å²) in [4.78, 5) is 0. The van der Waals surface area contributed by atoms with Gasteiger partial charge in [0.05, 0.1) is 17.4 Å². The molecule has 2 rings (SSSR count). The Morgan fingerprint density at radius 2 is 2.00 bits per heavy atom. The molecule has 0 aromatic heterocycles. The first-order valence-corrected chi connectivity index (χ1v) is 7.87. The molecule has 0 bridgehead atoms. The highest BCUT2D eigenvalue weighted by Gasteiger charge is 2.37. The predicted molar refractivity (Wildman–Crippen MR) is 69.4 cm³/mol. The molecule has 0 amide bonds. The second-order valence-electron chi connectivity index (χ2n) is 4.89. The Morgan fingerprint density at radius 1 is 1.33 bits per heavy atom. The van der Waals surface area contributed by atoms with Crippen molar-refractivity contribution in [3.05, 3.63) is 35.4 Å². The van der Waals surface area contributed by atoms with Crippen molar-refractivity contribution in [3.63, 3.8) is 0 Å². The van der Waals surface area contributed by atoms with Gasteiger partial charge in [0.15, 0.2) is 0 Å². The van der Waals surface area contributed by atoms with Crippen LogP contribution in [0.2, 0.25) is 0 Å². The number of nitrogens with zero attached hydrogens (tertiary/aromatic N) is 2. The second-order valence-corrected chi connectivity index (χ2v) is 6.81. The number of sulfonamides is 1. The molecule has 0 heterocycles. The zero-order valence-corrected chi connectivity index (χ0v) is 11.8. The Morgan fingerprint density at radius 3 is 2.52 bits per heavy atom. The summed E-state index contributed by atoms with van der Waals surface area (Å²) in [6.45, 7) is -0.272. The van der Waals surface area contributed by atoms with Gasteiger partial charge >= 0.3 is 6.18 Å². The molecular weight excluding hydrogens is 305 g/mol. The van der Waals surface area contributed by atoms with Gasteiger partial charge in [0.25, 0.3) is 0 Å². The van der Waals surface area contributed by atoms with Crippen LogP contribution in [0.5, 0.6) is 0 Å². The highest BCUT2D eigenvalue weighted by molar-refractivity contribution is 7.88. The SMILES string of the molecule is N#CCN(C1CC1)S(=O)(=O)Cc1cccc(C(F)(F)F)c1. The molecule has 0 unspecified atom stereocenters. The van der Waals surface area contributed by atoms with Crippen LogP contribution >= 0.6 is 0 Å². The molecule has 0 saturated heterocycles. The molecule has 1 saturated carbocycles. The molecule has 1 aromatic rings. The summed E-state index contributed by atoms with van der Waals surface area (Å²) in [5, 5.41) is 8.69. The molecule has 1 aliphatic rings. The molecule has 114 valence electrons. The van der Waals surface area contributed by atoms with Gasteiger partial charge in [-0.15, -0.1) is 0 Å². The molecular formula is C13H13F3N2O2S. The number of nitriles is 1. The summed E-state index contributed by atoms with van der Waals surface area (Å²) in [7, 11) is -3.79. The van der Waals surface area contributed by atoms with E-state index in [-0.39, 0.29) is 18.2 Å². The van der Waals surface area contributed by atoms with Crippen LogP contribution in [-0.4, -0.2) is 25.3 Å². The third-order valence-electron chi connectivity index (χ3n) is 3.14. The lowest BCUT2D eigenvalue weighted by molar-refractivity contribution is -0.137. The fraction of sp³-hybridized carbons (Fsp3) is 0.462. The van der Waals surface area contributed by atoms with Crippen LogP contribution < -0.4 is 0 Å². The molecule has 1 aliphatic carbocycles. The average molecular weight is 318 g/mol. The van der Waals surface area contributed by atoms with Crippen LogP contribution in [0, 0.1) is 11.3 Å². The number of halogens is 3. The van der Waals surface area contributed by atoms with Crippen molar-refractivity contribution in [1.29, 1.82) is 5.26 Å². The minimum Gasteiger partial charge on any atom is -0.212 e. The molecule has 8 heteroatoms. The summed E-state index contributed by atoms with van der Waals surface area (Å²) >= 11 is 0. The normalized spacial score (nSPS) is 16.0. The van der Waals surface area contributed by atoms with E-state index in [9.17, 15) is 21.6 Å². The molecule has 0 radical (unpaired) electrons. The Balaban J connectivity index is 2.22. The van der Waals surface area contributed by atoms with Crippen LogP contribution in [0.15, 0.2) is 24.3 Å². The molecule has 0 aliphatic heterocycles. The van der Waals surface area contributed by atoms with Crippen molar-refractivity contribution in [2.45, 2.75) is 30.8 Å². The van der Waals surface area contributed by atoms with E-state index in [1.54, 1.807) is 6.07 Å². The largest absolute Gasteiger partial charge is 0.416 e. The minimum absolute atomic E-state index is 0.0633. The first-order chi connectivity index (χ1) is 9.74. The van der Waals surface area contributed by atoms with Gasteiger partial charge in [0.1, 0.15) is 6.54 Å². The molecule has 21 heavy (non-hydrogen) atoms. The maximum absolute atomic E-state index is 12.6. The highest BCUT2D eigenvalue weighted by atomic mass is 32.2. The van der Waals surface area contributed by atoms with E-state index in [2.05, 4.69) is 0 Å². The summed E-state index contributed by atoms with van der Waals surface area (Å²) < 4.78 is 63.4. The van der Waals surface area contributed by atoms with Crippen molar-refractivity contribution >= 4 is 10.0 Å². The van der Waals surface area contributed by atoms with E-state index >= 15 is 0 Å². The Hall–Kier alpha value is -1.59. The summed E-state index contributed by atoms with van der Waals surface area (Å²) in [5.41, 5.74) is -0.818. The van der Waals surface area contributed by atoms with Gasteiger partial charge in [0.2, 0.25) is 10.0 Å². The topological polar surface area (TPSA) is 61.2 Å². The summed E-state index contributed by atoms with van der Waals surface area (Å²) in [6, 6.07) is 5.83. The van der Waals surface area contributed by atoms with E-state index in [1.807, 2.05) is 0 Å². The van der Waals surface area contributed by atoms with Crippen LogP contribution in [0.3, 0.4) is 0 Å². The van der Waals surface area contributed by atoms with Crippen molar-refractivity contribution in [2.75, 3.05) is 6.54 Å². The smallest absolute Gasteiger partial charge is 0.212 e. The zero-order chi connectivity index (χ0) is 15.7. The van der Waals surface area contributed by atoms with Gasteiger partial charge < -0.3 is 0 Å². The Kier molecular flexibility index (Phi) is 4.25. The van der Waals surface area contributed by atoms with Gasteiger partial charge in [-0.05, 0) is 24.5 Å². The molecule has 1 aromatic carbocycles. The third-order valence-corrected chi connectivity index (χ3v) is 4.98. The number of rotatable bonds is 5. The van der Waals surface area contributed by atoms with Crippen LogP contribution in [0.25, 0.3) is 0 Å². The molecule has 1 fully saturated rings. The highest BCUT2D eigenvalue weighted by Crippen LogP contribution is 2.32. The van der Waals surface area contributed by atoms with Crippen molar-refractivity contribution in [1.82, 2.24) is 4.31 Å². The Bertz CT molecular complexity index is 661. The number of hydrogen-bond donors (Lipinski definition) is 0. The van der Waals surface area contributed by atoms with Crippen molar-refractivity contribution in [2.24, 2.45) is 0 Å². The molecule has 0 spiro atoms. The monoisotopic (exact) mass is 318 g/mol. The Labute approximate surface area is 120 Å². The van der Waals surface area contributed by atoms with Gasteiger partial charge in [-0.3, -0.25) is 0 Å². The maximum Gasteiger partial charge on any atom is 0.416 e. The van der Waals surface area contributed by atoms with Crippen molar-refractivity contribution in [3.8, 4) is 6.07 Å². The quantitative estimate of drug-likeness (QED) is 0.784. The second kappa shape index (κ2) is 5.66. The maximum atomic E-state index is 12.6. The van der Waals surface area contributed by atoms with Gasteiger partial charge in [0, 0.05) is 6.04 Å². The predicted octanol–water partition coefficient (Wildman–Crippen LogP) is 2.52. The van der Waals surface area contributed by atoms with E-state index in [1.165, 1.54) is 12.1 Å². The number of benzene rings is 1. The first kappa shape index (κ1) is 15.8. The van der Waals surface area contributed by atoms with Gasteiger partial charge in [-0.25, -0.2) is 8.42 Å². The molecule has 0 N–H and O–H groups in total. The minimum atomic E-state index is -4.51. The van der Waals surface area contributed by atoms with E-state index in [0.717, 1.165) is 16.4 Å². The van der Waals surface area contributed by atoms with E-state index < -0.39 is 27.5 Å². The van der Waals surface area contributed by atoms with Crippen LogP contribution in [0.1, 0.15) is 24.0 Å².